The zero-order chi connectivity index (χ0) is 24.0. The first-order valence-corrected chi connectivity index (χ1v) is 10.2. The van der Waals surface area contributed by atoms with E-state index in [1.807, 2.05) is 0 Å². The molecule has 1 amide bonds. The molecule has 5 rings (SSSR count). The van der Waals surface area contributed by atoms with Crippen LogP contribution in [0.25, 0.3) is 22.3 Å². The van der Waals surface area contributed by atoms with Gasteiger partial charge >= 0.3 is 0 Å². The number of carbonyl (C=O) groups is 1. The van der Waals surface area contributed by atoms with Crippen LogP contribution in [0.15, 0.2) is 55.0 Å². The van der Waals surface area contributed by atoms with Gasteiger partial charge in [0.1, 0.15) is 41.0 Å². The number of rotatable bonds is 3. The Morgan fingerprint density at radius 2 is 2.12 bits per heavy atom. The number of nitrogens with two attached hydrogens (primary N) is 1. The maximum Gasteiger partial charge on any atom is 0.268 e. The second-order valence-corrected chi connectivity index (χ2v) is 7.78. The summed E-state index contributed by atoms with van der Waals surface area (Å²) in [6.45, 7) is 3.71. The van der Waals surface area contributed by atoms with Crippen LogP contribution in [0.1, 0.15) is 11.7 Å². The SMILES string of the molecule is C=C(C#N)C(=O)N1CC(n2nc(-c3cc(O)cc(F)c3)c3c(N)ncnc32)Cc2ncccc21. The molecule has 10 nitrogen and oxygen atoms in total. The van der Waals surface area contributed by atoms with Crippen molar-refractivity contribution in [3.05, 3.63) is 66.5 Å². The number of nitriles is 1. The second-order valence-electron chi connectivity index (χ2n) is 7.78. The fourth-order valence-corrected chi connectivity index (χ4v) is 4.16. The molecule has 34 heavy (non-hydrogen) atoms. The van der Waals surface area contributed by atoms with E-state index in [1.54, 1.807) is 29.1 Å². The number of fused-ring (bicyclic) bond motifs is 2. The summed E-state index contributed by atoms with van der Waals surface area (Å²) in [6.07, 6.45) is 3.32. The van der Waals surface area contributed by atoms with Gasteiger partial charge < -0.3 is 15.7 Å². The van der Waals surface area contributed by atoms with Crippen molar-refractivity contribution >= 4 is 28.4 Å². The third-order valence-electron chi connectivity index (χ3n) is 5.64. The van der Waals surface area contributed by atoms with Crippen LogP contribution in [-0.4, -0.2) is 42.3 Å². The molecule has 3 aromatic heterocycles. The highest BCUT2D eigenvalue weighted by Gasteiger charge is 2.33. The summed E-state index contributed by atoms with van der Waals surface area (Å²) in [5.41, 5.74) is 8.11. The molecule has 0 saturated heterocycles. The van der Waals surface area contributed by atoms with Gasteiger partial charge in [-0.25, -0.2) is 19.0 Å². The van der Waals surface area contributed by atoms with Gasteiger partial charge in [-0.05, 0) is 24.3 Å². The van der Waals surface area contributed by atoms with Gasteiger partial charge in [0, 0.05) is 30.8 Å². The lowest BCUT2D eigenvalue weighted by molar-refractivity contribution is -0.115. The van der Waals surface area contributed by atoms with Crippen molar-refractivity contribution in [2.45, 2.75) is 12.5 Å². The minimum atomic E-state index is -0.643. The Bertz CT molecular complexity index is 1500. The van der Waals surface area contributed by atoms with Gasteiger partial charge in [0.05, 0.1) is 22.8 Å². The average Bonchev–Trinajstić information content (AvgIpc) is 3.23. The highest BCUT2D eigenvalue weighted by molar-refractivity contribution is 6.08. The molecule has 0 saturated carbocycles. The standard InChI is InChI=1S/C23H17FN8O2/c1-12(9-25)23(34)31-10-15(8-17-18(31)3-2-4-27-17)32-22-19(21(26)28-11-29-22)20(30-32)13-5-14(24)7-16(33)6-13/h2-7,11,15,33H,1,8,10H2,(H2,26,28,29). The molecule has 1 unspecified atom stereocenters. The van der Waals surface area contributed by atoms with E-state index in [4.69, 9.17) is 5.73 Å². The largest absolute Gasteiger partial charge is 0.508 e. The highest BCUT2D eigenvalue weighted by Crippen LogP contribution is 2.37. The number of nitrogen functional groups attached to an aromatic ring is 1. The molecule has 1 aliphatic heterocycles. The monoisotopic (exact) mass is 456 g/mol. The molecular weight excluding hydrogens is 439 g/mol. The number of phenolic OH excluding ortho intramolecular Hbond substituents is 1. The molecule has 0 aliphatic carbocycles. The third kappa shape index (κ3) is 3.38. The van der Waals surface area contributed by atoms with Crippen molar-refractivity contribution in [2.75, 3.05) is 17.2 Å². The lowest BCUT2D eigenvalue weighted by atomic mass is 10.0. The van der Waals surface area contributed by atoms with E-state index < -0.39 is 17.8 Å². The number of hydrogen-bond donors (Lipinski definition) is 2. The second kappa shape index (κ2) is 7.93. The number of halogens is 1. The lowest BCUT2D eigenvalue weighted by Gasteiger charge is -2.33. The zero-order valence-electron chi connectivity index (χ0n) is 17.7. The average molecular weight is 456 g/mol. The first-order valence-electron chi connectivity index (χ1n) is 10.2. The number of aromatic nitrogens is 5. The molecule has 168 valence electrons. The number of aromatic hydroxyl groups is 1. The molecule has 0 spiro atoms. The number of nitrogens with zero attached hydrogens (tertiary/aromatic N) is 7. The summed E-state index contributed by atoms with van der Waals surface area (Å²) < 4.78 is 15.6. The first kappa shape index (κ1) is 21.0. The Hall–Kier alpha value is -4.85. The maximum absolute atomic E-state index is 14.0. The van der Waals surface area contributed by atoms with Gasteiger partial charge in [-0.1, -0.05) is 6.58 Å². The lowest BCUT2D eigenvalue weighted by Crippen LogP contribution is -2.42. The molecule has 3 N–H and O–H groups in total. The Balaban J connectivity index is 1.68. The number of benzene rings is 1. The van der Waals surface area contributed by atoms with E-state index in [9.17, 15) is 19.6 Å². The summed E-state index contributed by atoms with van der Waals surface area (Å²) in [7, 11) is 0. The molecule has 4 heterocycles. The van der Waals surface area contributed by atoms with Gasteiger partial charge in [0.25, 0.3) is 5.91 Å². The summed E-state index contributed by atoms with van der Waals surface area (Å²) in [6, 6.07) is 8.39. The number of carbonyl (C=O) groups excluding carboxylic acids is 1. The first-order chi connectivity index (χ1) is 16.4. The number of anilines is 2. The van der Waals surface area contributed by atoms with Crippen LogP contribution in [0.5, 0.6) is 5.75 Å². The van der Waals surface area contributed by atoms with Gasteiger partial charge in [-0.2, -0.15) is 10.4 Å². The molecule has 1 aliphatic rings. The zero-order valence-corrected chi connectivity index (χ0v) is 17.7. The van der Waals surface area contributed by atoms with Gasteiger partial charge in [0.2, 0.25) is 0 Å². The van der Waals surface area contributed by atoms with Gasteiger partial charge in [0.15, 0.2) is 5.65 Å². The highest BCUT2D eigenvalue weighted by atomic mass is 19.1. The minimum Gasteiger partial charge on any atom is -0.508 e. The van der Waals surface area contributed by atoms with Crippen LogP contribution in [-0.2, 0) is 11.2 Å². The summed E-state index contributed by atoms with van der Waals surface area (Å²) in [5, 5.41) is 24.2. The van der Waals surface area contributed by atoms with Crippen molar-refractivity contribution in [3.63, 3.8) is 0 Å². The van der Waals surface area contributed by atoms with Crippen LogP contribution < -0.4 is 10.6 Å². The quantitative estimate of drug-likeness (QED) is 0.353. The fraction of sp³-hybridized carbons (Fsp3) is 0.130. The van der Waals surface area contributed by atoms with E-state index in [1.165, 1.54) is 23.4 Å². The van der Waals surface area contributed by atoms with Gasteiger partial charge in [-0.3, -0.25) is 9.78 Å². The van der Waals surface area contributed by atoms with Crippen LogP contribution in [0, 0.1) is 17.1 Å². The predicted octanol–water partition coefficient (Wildman–Crippen LogP) is 2.53. The Morgan fingerprint density at radius 1 is 1.29 bits per heavy atom. The van der Waals surface area contributed by atoms with E-state index in [0.717, 1.165) is 6.07 Å². The molecule has 1 aromatic carbocycles. The van der Waals surface area contributed by atoms with Gasteiger partial charge in [-0.15, -0.1) is 0 Å². The summed E-state index contributed by atoms with van der Waals surface area (Å²) in [5.74, 6) is -1.32. The molecule has 0 bridgehead atoms. The number of hydrogen-bond acceptors (Lipinski definition) is 8. The summed E-state index contributed by atoms with van der Waals surface area (Å²) >= 11 is 0. The van der Waals surface area contributed by atoms with E-state index in [-0.39, 0.29) is 29.4 Å². The van der Waals surface area contributed by atoms with Crippen molar-refractivity contribution in [3.8, 4) is 23.1 Å². The van der Waals surface area contributed by atoms with Crippen LogP contribution >= 0.6 is 0 Å². The van der Waals surface area contributed by atoms with E-state index in [2.05, 4.69) is 26.6 Å². The molecular formula is C23H17FN8O2. The minimum absolute atomic E-state index is 0.134. The van der Waals surface area contributed by atoms with E-state index in [0.29, 0.717) is 34.4 Å². The van der Waals surface area contributed by atoms with Crippen molar-refractivity contribution in [1.29, 1.82) is 5.26 Å². The number of pyridine rings is 1. The number of amides is 1. The molecule has 4 aromatic rings. The number of phenols is 1. The summed E-state index contributed by atoms with van der Waals surface area (Å²) in [4.78, 5) is 27.2. The third-order valence-corrected chi connectivity index (χ3v) is 5.64. The van der Waals surface area contributed by atoms with Crippen molar-refractivity contribution < 1.29 is 14.3 Å². The Morgan fingerprint density at radius 3 is 2.88 bits per heavy atom. The topological polar surface area (TPSA) is 147 Å². The molecule has 1 atom stereocenters. The molecule has 0 fully saturated rings. The van der Waals surface area contributed by atoms with Crippen LogP contribution in [0.4, 0.5) is 15.9 Å². The van der Waals surface area contributed by atoms with Crippen LogP contribution in [0.2, 0.25) is 0 Å². The fourth-order valence-electron chi connectivity index (χ4n) is 4.16. The Kier molecular flexibility index (Phi) is 4.90. The molecule has 0 radical (unpaired) electrons. The maximum atomic E-state index is 14.0. The molecule has 11 heteroatoms. The normalized spacial score (nSPS) is 15.1. The van der Waals surface area contributed by atoms with Crippen LogP contribution in [0.3, 0.4) is 0 Å². The van der Waals surface area contributed by atoms with Crippen molar-refractivity contribution in [1.82, 2.24) is 24.7 Å². The van der Waals surface area contributed by atoms with E-state index >= 15 is 0 Å². The predicted molar refractivity (Wildman–Crippen MR) is 121 cm³/mol. The Labute approximate surface area is 192 Å². The smallest absolute Gasteiger partial charge is 0.268 e. The van der Waals surface area contributed by atoms with Crippen molar-refractivity contribution in [2.24, 2.45) is 0 Å².